The molecule has 5 rings (SSSR count). The number of nitrogens with one attached hydrogen (secondary N) is 1. The van der Waals surface area contributed by atoms with Crippen molar-refractivity contribution < 1.29 is 13.9 Å². The number of carbonyl (C=O) groups excluding carboxylic acids is 1. The summed E-state index contributed by atoms with van der Waals surface area (Å²) in [5.41, 5.74) is 3.84. The molecule has 32 heavy (non-hydrogen) atoms. The molecule has 0 saturated heterocycles. The van der Waals surface area contributed by atoms with Crippen molar-refractivity contribution in [2.24, 2.45) is 0 Å². The van der Waals surface area contributed by atoms with E-state index >= 15 is 0 Å². The van der Waals surface area contributed by atoms with Gasteiger partial charge in [0.25, 0.3) is 5.95 Å². The number of aromatic nitrogens is 4. The van der Waals surface area contributed by atoms with E-state index in [0.717, 1.165) is 34.3 Å². The van der Waals surface area contributed by atoms with Crippen molar-refractivity contribution in [3.05, 3.63) is 77.1 Å². The van der Waals surface area contributed by atoms with E-state index in [1.54, 1.807) is 18.1 Å². The van der Waals surface area contributed by atoms with Gasteiger partial charge in [0.15, 0.2) is 11.6 Å². The van der Waals surface area contributed by atoms with Crippen LogP contribution in [-0.4, -0.2) is 32.6 Å². The summed E-state index contributed by atoms with van der Waals surface area (Å²) < 4.78 is 12.5. The molecule has 162 valence electrons. The van der Waals surface area contributed by atoms with Gasteiger partial charge in [-0.05, 0) is 56.3 Å². The van der Waals surface area contributed by atoms with Gasteiger partial charge in [0.05, 0.1) is 24.6 Å². The maximum atomic E-state index is 13.3. The fraction of sp³-hybridized carbons (Fsp3) is 0.250. The first-order chi connectivity index (χ1) is 15.5. The van der Waals surface area contributed by atoms with Crippen LogP contribution in [0.1, 0.15) is 45.5 Å². The van der Waals surface area contributed by atoms with Gasteiger partial charge in [-0.15, -0.1) is 5.10 Å². The van der Waals surface area contributed by atoms with Crippen molar-refractivity contribution in [2.45, 2.75) is 32.6 Å². The molecule has 0 bridgehead atoms. The zero-order valence-electron chi connectivity index (χ0n) is 18.1. The van der Waals surface area contributed by atoms with Crippen LogP contribution in [-0.2, 0) is 6.42 Å². The van der Waals surface area contributed by atoms with E-state index in [-0.39, 0.29) is 11.7 Å². The lowest BCUT2D eigenvalue weighted by molar-refractivity contribution is 0.0960. The van der Waals surface area contributed by atoms with E-state index in [1.807, 2.05) is 56.3 Å². The molecule has 1 atom stereocenters. The average molecular weight is 429 g/mol. The van der Waals surface area contributed by atoms with Crippen LogP contribution in [0.15, 0.2) is 53.1 Å². The number of fused-ring (bicyclic) bond motifs is 1. The Bertz CT molecular complexity index is 1260. The first-order valence-corrected chi connectivity index (χ1v) is 10.4. The number of methoxy groups -OCH3 is 1. The predicted molar refractivity (Wildman–Crippen MR) is 119 cm³/mol. The minimum atomic E-state index is -0.0554. The van der Waals surface area contributed by atoms with Gasteiger partial charge in [0.1, 0.15) is 11.5 Å². The first-order valence-electron chi connectivity index (χ1n) is 10.4. The van der Waals surface area contributed by atoms with Crippen LogP contribution in [0.4, 0.5) is 11.5 Å². The minimum Gasteiger partial charge on any atom is -0.497 e. The summed E-state index contributed by atoms with van der Waals surface area (Å²) in [6.45, 7) is 3.84. The van der Waals surface area contributed by atoms with E-state index < -0.39 is 0 Å². The largest absolute Gasteiger partial charge is 0.497 e. The lowest BCUT2D eigenvalue weighted by Crippen LogP contribution is -2.21. The molecule has 3 aromatic heterocycles. The van der Waals surface area contributed by atoms with E-state index in [4.69, 9.17) is 14.3 Å². The summed E-state index contributed by atoms with van der Waals surface area (Å²) in [7, 11) is 1.62. The third kappa shape index (κ3) is 3.64. The highest BCUT2D eigenvalue weighted by molar-refractivity contribution is 6.03. The van der Waals surface area contributed by atoms with Crippen molar-refractivity contribution >= 4 is 17.3 Å². The monoisotopic (exact) mass is 429 g/mol. The molecule has 3 heterocycles. The number of benzene rings is 1. The van der Waals surface area contributed by atoms with Gasteiger partial charge in [-0.3, -0.25) is 4.79 Å². The van der Waals surface area contributed by atoms with Crippen LogP contribution in [0.3, 0.4) is 0 Å². The van der Waals surface area contributed by atoms with E-state index in [9.17, 15) is 4.79 Å². The van der Waals surface area contributed by atoms with Gasteiger partial charge in [0, 0.05) is 35.8 Å². The summed E-state index contributed by atoms with van der Waals surface area (Å²) >= 11 is 0. The lowest BCUT2D eigenvalue weighted by Gasteiger charge is -2.21. The average Bonchev–Trinajstić information content (AvgIpc) is 3.42. The van der Waals surface area contributed by atoms with Crippen LogP contribution in [0.5, 0.6) is 5.75 Å². The van der Waals surface area contributed by atoms with Gasteiger partial charge in [-0.1, -0.05) is 0 Å². The number of furan rings is 1. The Morgan fingerprint density at radius 1 is 1.09 bits per heavy atom. The zero-order chi connectivity index (χ0) is 22.2. The SMILES string of the molecule is COc1ccc(Nc2nn(-c3nc(C)cc(C)n3)c3c2C(=O)CC(c2ccco2)C3)cc1. The van der Waals surface area contributed by atoms with Crippen molar-refractivity contribution in [1.29, 1.82) is 0 Å². The second-order valence-corrected chi connectivity index (χ2v) is 7.93. The predicted octanol–water partition coefficient (Wildman–Crippen LogP) is 4.54. The lowest BCUT2D eigenvalue weighted by atomic mass is 9.85. The van der Waals surface area contributed by atoms with Gasteiger partial charge in [-0.2, -0.15) is 0 Å². The smallest absolute Gasteiger partial charge is 0.251 e. The molecular formula is C24H23N5O3. The number of anilines is 2. The first kappa shape index (κ1) is 20.0. The molecule has 1 aromatic carbocycles. The summed E-state index contributed by atoms with van der Waals surface area (Å²) in [5.74, 6) is 2.46. The molecule has 0 amide bonds. The number of carbonyl (C=O) groups is 1. The second kappa shape index (κ2) is 7.96. The number of aryl methyl sites for hydroxylation is 2. The van der Waals surface area contributed by atoms with Crippen molar-refractivity contribution in [3.8, 4) is 11.7 Å². The molecule has 0 spiro atoms. The standard InChI is InChI=1S/C24H23N5O3/c1-14-11-15(2)26-24(25-14)29-19-12-16(21-5-4-10-32-21)13-20(30)22(19)23(28-29)27-17-6-8-18(31-3)9-7-17/h4-11,16H,12-13H2,1-3H3,(H,27,28). The molecule has 1 aliphatic rings. The number of Topliss-reactive ketones (excluding diaryl/α,β-unsaturated/α-hetero) is 1. The maximum absolute atomic E-state index is 13.3. The fourth-order valence-corrected chi connectivity index (χ4v) is 4.16. The van der Waals surface area contributed by atoms with Gasteiger partial charge in [-0.25, -0.2) is 14.6 Å². The summed E-state index contributed by atoms with van der Waals surface area (Å²) in [6.07, 6.45) is 2.59. The van der Waals surface area contributed by atoms with E-state index in [1.165, 1.54) is 0 Å². The van der Waals surface area contributed by atoms with Gasteiger partial charge >= 0.3 is 0 Å². The number of ether oxygens (including phenoxy) is 1. The fourth-order valence-electron chi connectivity index (χ4n) is 4.16. The highest BCUT2D eigenvalue weighted by atomic mass is 16.5. The summed E-state index contributed by atoms with van der Waals surface area (Å²) in [5, 5.41) is 8.04. The van der Waals surface area contributed by atoms with Gasteiger partial charge < -0.3 is 14.5 Å². The maximum Gasteiger partial charge on any atom is 0.251 e. The van der Waals surface area contributed by atoms with E-state index in [2.05, 4.69) is 15.3 Å². The molecule has 8 nitrogen and oxygen atoms in total. The van der Waals surface area contributed by atoms with Crippen molar-refractivity contribution in [2.75, 3.05) is 12.4 Å². The van der Waals surface area contributed by atoms with Crippen molar-refractivity contribution in [1.82, 2.24) is 19.7 Å². The molecule has 0 saturated carbocycles. The Balaban J connectivity index is 1.61. The molecule has 1 unspecified atom stereocenters. The van der Waals surface area contributed by atoms with E-state index in [0.29, 0.717) is 30.2 Å². The van der Waals surface area contributed by atoms with Crippen LogP contribution >= 0.6 is 0 Å². The Hall–Kier alpha value is -3.94. The van der Waals surface area contributed by atoms with Crippen molar-refractivity contribution in [3.63, 3.8) is 0 Å². The summed E-state index contributed by atoms with van der Waals surface area (Å²) in [6, 6.07) is 13.1. The van der Waals surface area contributed by atoms with Crippen LogP contribution < -0.4 is 10.1 Å². The molecular weight excluding hydrogens is 406 g/mol. The Morgan fingerprint density at radius 2 is 1.84 bits per heavy atom. The number of hydrogen-bond acceptors (Lipinski definition) is 7. The molecule has 1 N–H and O–H groups in total. The quantitative estimate of drug-likeness (QED) is 0.498. The Kier molecular flexibility index (Phi) is 4.97. The van der Waals surface area contributed by atoms with Crippen LogP contribution in [0, 0.1) is 13.8 Å². The molecule has 4 aromatic rings. The molecule has 8 heteroatoms. The topological polar surface area (TPSA) is 95.1 Å². The Labute approximate surface area is 185 Å². The number of rotatable bonds is 5. The molecule has 1 aliphatic carbocycles. The number of hydrogen-bond donors (Lipinski definition) is 1. The highest BCUT2D eigenvalue weighted by Crippen LogP contribution is 2.37. The molecule has 0 radical (unpaired) electrons. The number of ketones is 1. The number of nitrogens with zero attached hydrogens (tertiary/aromatic N) is 4. The third-order valence-electron chi connectivity index (χ3n) is 5.59. The normalized spacial score (nSPS) is 15.5. The van der Waals surface area contributed by atoms with Crippen LogP contribution in [0.25, 0.3) is 5.95 Å². The second-order valence-electron chi connectivity index (χ2n) is 7.93. The highest BCUT2D eigenvalue weighted by Gasteiger charge is 2.35. The van der Waals surface area contributed by atoms with Gasteiger partial charge in [0.2, 0.25) is 0 Å². The zero-order valence-corrected chi connectivity index (χ0v) is 18.1. The molecule has 0 aliphatic heterocycles. The third-order valence-corrected chi connectivity index (χ3v) is 5.59. The molecule has 0 fully saturated rings. The Morgan fingerprint density at radius 3 is 2.50 bits per heavy atom. The minimum absolute atomic E-state index is 0.0132. The summed E-state index contributed by atoms with van der Waals surface area (Å²) in [4.78, 5) is 22.4. The van der Waals surface area contributed by atoms with Crippen LogP contribution in [0.2, 0.25) is 0 Å².